The number of aromatic hydroxyl groups is 1. The van der Waals surface area contributed by atoms with Gasteiger partial charge in [-0.05, 0) is 30.2 Å². The Balaban J connectivity index is 2.02. The van der Waals surface area contributed by atoms with Crippen molar-refractivity contribution in [3.05, 3.63) is 53.9 Å². The summed E-state index contributed by atoms with van der Waals surface area (Å²) in [5.41, 5.74) is 1.58. The molecular formula is C15H14N2O4. The molecule has 3 N–H and O–H groups in total. The van der Waals surface area contributed by atoms with E-state index in [2.05, 4.69) is 10.3 Å². The number of anilines is 1. The number of nitrogens with zero attached hydrogens (tertiary/aromatic N) is 1. The first-order valence-electron chi connectivity index (χ1n) is 6.31. The average Bonchev–Trinajstić information content (AvgIpc) is 2.47. The maximum Gasteiger partial charge on any atom is 0.303 e. The highest BCUT2D eigenvalue weighted by atomic mass is 16.4. The molecule has 0 unspecified atom stereocenters. The van der Waals surface area contributed by atoms with Gasteiger partial charge in [-0.15, -0.1) is 0 Å². The largest absolute Gasteiger partial charge is 0.505 e. The number of hydrogen-bond donors (Lipinski definition) is 3. The molecule has 0 spiro atoms. The normalized spacial score (nSPS) is 10.1. The molecule has 0 saturated heterocycles. The highest BCUT2D eigenvalue weighted by Gasteiger charge is 2.10. The van der Waals surface area contributed by atoms with E-state index in [4.69, 9.17) is 5.11 Å². The van der Waals surface area contributed by atoms with Gasteiger partial charge >= 0.3 is 5.97 Å². The maximum absolute atomic E-state index is 12.0. The number of aryl methyl sites for hydroxylation is 1. The Morgan fingerprint density at radius 3 is 2.48 bits per heavy atom. The molecule has 0 aliphatic heterocycles. The molecule has 2 rings (SSSR count). The maximum atomic E-state index is 12.0. The third-order valence-corrected chi connectivity index (χ3v) is 2.88. The molecule has 6 heteroatoms. The van der Waals surface area contributed by atoms with Crippen molar-refractivity contribution in [3.8, 4) is 5.75 Å². The van der Waals surface area contributed by atoms with E-state index in [0.717, 1.165) is 5.56 Å². The molecule has 21 heavy (non-hydrogen) atoms. The van der Waals surface area contributed by atoms with Crippen molar-refractivity contribution in [3.63, 3.8) is 0 Å². The summed E-state index contributed by atoms with van der Waals surface area (Å²) in [7, 11) is 0. The number of nitrogens with one attached hydrogen (secondary N) is 1. The minimum absolute atomic E-state index is 0.0661. The van der Waals surface area contributed by atoms with Crippen molar-refractivity contribution in [2.45, 2.75) is 12.8 Å². The van der Waals surface area contributed by atoms with Gasteiger partial charge < -0.3 is 15.5 Å². The Bertz CT molecular complexity index is 653. The molecule has 6 nitrogen and oxygen atoms in total. The van der Waals surface area contributed by atoms with Gasteiger partial charge in [-0.1, -0.05) is 12.1 Å². The Hall–Kier alpha value is -2.89. The lowest BCUT2D eigenvalue weighted by atomic mass is 10.1. The fraction of sp³-hybridized carbons (Fsp3) is 0.133. The molecule has 1 aromatic carbocycles. The molecule has 0 atom stereocenters. The number of carboxylic acid groups (broad SMARTS) is 1. The summed E-state index contributed by atoms with van der Waals surface area (Å²) in [4.78, 5) is 26.1. The molecule has 1 heterocycles. The second kappa shape index (κ2) is 6.51. The van der Waals surface area contributed by atoms with Gasteiger partial charge in [0.1, 0.15) is 5.75 Å². The lowest BCUT2D eigenvalue weighted by molar-refractivity contribution is -0.136. The van der Waals surface area contributed by atoms with Crippen LogP contribution in [0.15, 0.2) is 42.7 Å². The first kappa shape index (κ1) is 14.5. The van der Waals surface area contributed by atoms with Crippen LogP contribution in [0.3, 0.4) is 0 Å². The van der Waals surface area contributed by atoms with E-state index in [1.807, 2.05) is 0 Å². The molecular weight excluding hydrogens is 272 g/mol. The Morgan fingerprint density at radius 2 is 1.86 bits per heavy atom. The number of aromatic nitrogens is 1. The number of rotatable bonds is 5. The number of amides is 1. The van der Waals surface area contributed by atoms with Gasteiger partial charge in [0.2, 0.25) is 0 Å². The van der Waals surface area contributed by atoms with Gasteiger partial charge in [-0.25, -0.2) is 0 Å². The van der Waals surface area contributed by atoms with E-state index >= 15 is 0 Å². The van der Waals surface area contributed by atoms with Crippen LogP contribution in [0.2, 0.25) is 0 Å². The lowest BCUT2D eigenvalue weighted by Gasteiger charge is -2.07. The van der Waals surface area contributed by atoms with Crippen LogP contribution in [-0.4, -0.2) is 27.1 Å². The van der Waals surface area contributed by atoms with Crippen LogP contribution in [0.25, 0.3) is 0 Å². The molecule has 0 fully saturated rings. The number of aliphatic carboxylic acids is 1. The van der Waals surface area contributed by atoms with E-state index in [1.165, 1.54) is 18.5 Å². The minimum atomic E-state index is -0.847. The summed E-state index contributed by atoms with van der Waals surface area (Å²) >= 11 is 0. The number of carbonyl (C=O) groups is 2. The Morgan fingerprint density at radius 1 is 1.14 bits per heavy atom. The van der Waals surface area contributed by atoms with Crippen LogP contribution in [0.5, 0.6) is 5.75 Å². The van der Waals surface area contributed by atoms with E-state index < -0.39 is 11.9 Å². The van der Waals surface area contributed by atoms with Crippen molar-refractivity contribution in [2.24, 2.45) is 0 Å². The smallest absolute Gasteiger partial charge is 0.303 e. The molecule has 1 amide bonds. The van der Waals surface area contributed by atoms with Crippen molar-refractivity contribution >= 4 is 17.6 Å². The first-order chi connectivity index (χ1) is 10.1. The third kappa shape index (κ3) is 4.04. The zero-order valence-corrected chi connectivity index (χ0v) is 11.1. The van der Waals surface area contributed by atoms with Crippen molar-refractivity contribution in [1.82, 2.24) is 4.98 Å². The van der Waals surface area contributed by atoms with Crippen LogP contribution >= 0.6 is 0 Å². The quantitative estimate of drug-likeness (QED) is 0.781. The van der Waals surface area contributed by atoms with Gasteiger partial charge in [-0.3, -0.25) is 14.6 Å². The fourth-order valence-corrected chi connectivity index (χ4v) is 1.78. The van der Waals surface area contributed by atoms with Crippen LogP contribution in [0, 0.1) is 0 Å². The van der Waals surface area contributed by atoms with E-state index in [1.54, 1.807) is 24.3 Å². The number of carbonyl (C=O) groups excluding carboxylic acids is 1. The zero-order chi connectivity index (χ0) is 15.2. The second-order valence-electron chi connectivity index (χ2n) is 4.44. The van der Waals surface area contributed by atoms with Crippen molar-refractivity contribution in [1.29, 1.82) is 0 Å². The second-order valence-corrected chi connectivity index (χ2v) is 4.44. The molecule has 1 aromatic heterocycles. The molecule has 2 aromatic rings. The molecule has 0 radical (unpaired) electrons. The summed E-state index contributed by atoms with van der Waals surface area (Å²) in [6, 6.07) is 8.31. The van der Waals surface area contributed by atoms with E-state index in [9.17, 15) is 14.7 Å². The first-order valence-corrected chi connectivity index (χ1v) is 6.31. The summed E-state index contributed by atoms with van der Waals surface area (Å²) in [6.07, 6.45) is 3.12. The predicted octanol–water partition coefficient (Wildman–Crippen LogP) is 2.06. The SMILES string of the molecule is O=C(O)CCc1ccc(NC(=O)c2ccncc2O)cc1. The highest BCUT2D eigenvalue weighted by Crippen LogP contribution is 2.17. The minimum Gasteiger partial charge on any atom is -0.505 e. The van der Waals surface area contributed by atoms with Gasteiger partial charge in [-0.2, -0.15) is 0 Å². The highest BCUT2D eigenvalue weighted by molar-refractivity contribution is 6.05. The summed E-state index contributed by atoms with van der Waals surface area (Å²) < 4.78 is 0. The average molecular weight is 286 g/mol. The van der Waals surface area contributed by atoms with Crippen molar-refractivity contribution < 1.29 is 19.8 Å². The number of hydrogen-bond acceptors (Lipinski definition) is 4. The van der Waals surface area contributed by atoms with Crippen LogP contribution in [0.1, 0.15) is 22.3 Å². The number of pyridine rings is 1. The van der Waals surface area contributed by atoms with Crippen molar-refractivity contribution in [2.75, 3.05) is 5.32 Å². The van der Waals surface area contributed by atoms with Crippen LogP contribution in [-0.2, 0) is 11.2 Å². The molecule has 0 aliphatic rings. The Labute approximate surface area is 121 Å². The molecule has 108 valence electrons. The number of carboxylic acids is 1. The zero-order valence-electron chi connectivity index (χ0n) is 11.1. The fourth-order valence-electron chi connectivity index (χ4n) is 1.78. The summed E-state index contributed by atoms with van der Waals surface area (Å²) in [5.74, 6) is -1.47. The lowest BCUT2D eigenvalue weighted by Crippen LogP contribution is -2.12. The van der Waals surface area contributed by atoms with Gasteiger partial charge in [0.15, 0.2) is 0 Å². The predicted molar refractivity (Wildman–Crippen MR) is 76.3 cm³/mol. The van der Waals surface area contributed by atoms with E-state index in [-0.39, 0.29) is 17.7 Å². The summed E-state index contributed by atoms with van der Waals surface area (Å²) in [5, 5.41) is 20.8. The third-order valence-electron chi connectivity index (χ3n) is 2.88. The monoisotopic (exact) mass is 286 g/mol. The molecule has 0 aliphatic carbocycles. The summed E-state index contributed by atoms with van der Waals surface area (Å²) in [6.45, 7) is 0. The molecule has 0 saturated carbocycles. The van der Waals surface area contributed by atoms with Crippen LogP contribution < -0.4 is 5.32 Å². The van der Waals surface area contributed by atoms with Gasteiger partial charge in [0.25, 0.3) is 5.91 Å². The Kier molecular flexibility index (Phi) is 4.50. The standard InChI is InChI=1S/C15H14N2O4/c18-13-9-16-8-7-12(13)15(21)17-11-4-1-10(2-5-11)3-6-14(19)20/h1-2,4-5,7-9,18H,3,6H2,(H,17,21)(H,19,20). The van der Waals surface area contributed by atoms with Gasteiger partial charge in [0.05, 0.1) is 11.8 Å². The number of benzene rings is 1. The van der Waals surface area contributed by atoms with Crippen LogP contribution in [0.4, 0.5) is 5.69 Å². The van der Waals surface area contributed by atoms with Gasteiger partial charge in [0, 0.05) is 18.3 Å². The van der Waals surface area contributed by atoms with E-state index in [0.29, 0.717) is 12.1 Å². The molecule has 0 bridgehead atoms. The topological polar surface area (TPSA) is 99.5 Å².